The minimum atomic E-state index is 0.413. The molecule has 0 saturated carbocycles. The van der Waals surface area contributed by atoms with Gasteiger partial charge in [-0.05, 0) is 44.2 Å². The molecule has 1 aromatic carbocycles. The van der Waals surface area contributed by atoms with Gasteiger partial charge >= 0.3 is 0 Å². The highest BCUT2D eigenvalue weighted by atomic mass is 32.1. The molecule has 1 fully saturated rings. The molecule has 1 aliphatic rings. The van der Waals surface area contributed by atoms with Crippen LogP contribution >= 0.6 is 12.2 Å². The Bertz CT molecular complexity index is 478. The van der Waals surface area contributed by atoms with Crippen LogP contribution in [0.3, 0.4) is 0 Å². The molecule has 0 spiro atoms. The van der Waals surface area contributed by atoms with Crippen LogP contribution < -0.4 is 10.5 Å². The largest absolute Gasteiger partial charge is 0.494 e. The number of hydrogen-bond donors (Lipinski definition) is 1. The van der Waals surface area contributed by atoms with Crippen LogP contribution in [0.15, 0.2) is 24.3 Å². The van der Waals surface area contributed by atoms with E-state index in [1.807, 2.05) is 24.3 Å². The maximum absolute atomic E-state index is 5.81. The normalized spacial score (nSPS) is 23.0. The number of piperidine rings is 1. The van der Waals surface area contributed by atoms with E-state index in [1.165, 1.54) is 19.4 Å². The molecule has 1 saturated heterocycles. The lowest BCUT2D eigenvalue weighted by molar-refractivity contribution is 0.116. The lowest BCUT2D eigenvalue weighted by Gasteiger charge is -2.36. The second-order valence-electron chi connectivity index (χ2n) is 6.12. The van der Waals surface area contributed by atoms with Gasteiger partial charge in [0.15, 0.2) is 0 Å². The van der Waals surface area contributed by atoms with Gasteiger partial charge in [0.25, 0.3) is 0 Å². The van der Waals surface area contributed by atoms with E-state index >= 15 is 0 Å². The van der Waals surface area contributed by atoms with Gasteiger partial charge in [-0.2, -0.15) is 0 Å². The fourth-order valence-corrected chi connectivity index (χ4v) is 3.02. The molecule has 0 amide bonds. The van der Waals surface area contributed by atoms with Crippen molar-refractivity contribution in [3.8, 4) is 5.75 Å². The molecule has 2 N–H and O–H groups in total. The number of nitrogens with two attached hydrogens (primary N) is 1. The van der Waals surface area contributed by atoms with Crippen molar-refractivity contribution in [2.24, 2.45) is 11.7 Å². The lowest BCUT2D eigenvalue weighted by Crippen LogP contribution is -2.41. The molecule has 2 unspecified atom stereocenters. The third kappa shape index (κ3) is 4.97. The first-order chi connectivity index (χ1) is 10.1. The van der Waals surface area contributed by atoms with Gasteiger partial charge in [0.1, 0.15) is 10.7 Å². The first kappa shape index (κ1) is 16.2. The summed E-state index contributed by atoms with van der Waals surface area (Å²) >= 11 is 4.98. The van der Waals surface area contributed by atoms with Crippen molar-refractivity contribution in [3.63, 3.8) is 0 Å². The van der Waals surface area contributed by atoms with E-state index in [4.69, 9.17) is 22.7 Å². The molecule has 1 aromatic rings. The lowest BCUT2D eigenvalue weighted by atomic mass is 9.95. The summed E-state index contributed by atoms with van der Waals surface area (Å²) in [4.78, 5) is 3.00. The maximum atomic E-state index is 5.81. The predicted octanol–water partition coefficient (Wildman–Crippen LogP) is 3.21. The van der Waals surface area contributed by atoms with Crippen LogP contribution in [0.25, 0.3) is 0 Å². The average Bonchev–Trinajstić information content (AvgIpc) is 2.47. The van der Waals surface area contributed by atoms with Gasteiger partial charge in [-0.25, -0.2) is 0 Å². The summed E-state index contributed by atoms with van der Waals surface area (Å²) in [7, 11) is 0. The summed E-state index contributed by atoms with van der Waals surface area (Å²) in [5, 5.41) is 0. The summed E-state index contributed by atoms with van der Waals surface area (Å²) < 4.78 is 5.81. The molecule has 0 radical (unpaired) electrons. The smallest absolute Gasteiger partial charge is 0.119 e. The number of thiocarbonyl (C=S) groups is 1. The van der Waals surface area contributed by atoms with Gasteiger partial charge in [-0.3, -0.25) is 0 Å². The molecule has 1 heterocycles. The van der Waals surface area contributed by atoms with Crippen LogP contribution in [-0.4, -0.2) is 35.6 Å². The number of ether oxygens (including phenoxy) is 1. The average molecular weight is 306 g/mol. The fourth-order valence-electron chi connectivity index (χ4n) is 2.89. The second kappa shape index (κ2) is 7.76. The minimum Gasteiger partial charge on any atom is -0.494 e. The van der Waals surface area contributed by atoms with Crippen LogP contribution in [0.5, 0.6) is 5.75 Å². The van der Waals surface area contributed by atoms with E-state index in [0.29, 0.717) is 11.0 Å². The number of likely N-dealkylation sites (tertiary alicyclic amines) is 1. The van der Waals surface area contributed by atoms with Crippen LogP contribution in [0.1, 0.15) is 38.7 Å². The molecule has 0 bridgehead atoms. The SMILES string of the molecule is CC1CCC(C)N(CCCOc2cccc(C(N)=S)c2)C1. The van der Waals surface area contributed by atoms with E-state index in [1.54, 1.807) is 0 Å². The molecule has 116 valence electrons. The first-order valence-corrected chi connectivity index (χ1v) is 8.24. The zero-order chi connectivity index (χ0) is 15.2. The zero-order valence-corrected chi connectivity index (χ0v) is 13.9. The summed E-state index contributed by atoms with van der Waals surface area (Å²) in [6.07, 6.45) is 3.73. The molecule has 0 aliphatic carbocycles. The molecule has 1 aliphatic heterocycles. The third-order valence-electron chi connectivity index (χ3n) is 4.22. The monoisotopic (exact) mass is 306 g/mol. The van der Waals surface area contributed by atoms with Crippen LogP contribution in [0.2, 0.25) is 0 Å². The summed E-state index contributed by atoms with van der Waals surface area (Å²) in [6.45, 7) is 7.74. The van der Waals surface area contributed by atoms with Gasteiger partial charge < -0.3 is 15.4 Å². The second-order valence-corrected chi connectivity index (χ2v) is 6.56. The fraction of sp³-hybridized carbons (Fsp3) is 0.588. The Hall–Kier alpha value is -1.13. The first-order valence-electron chi connectivity index (χ1n) is 7.83. The molecule has 3 nitrogen and oxygen atoms in total. The van der Waals surface area contributed by atoms with Gasteiger partial charge in [0, 0.05) is 24.7 Å². The van der Waals surface area contributed by atoms with Crippen LogP contribution in [-0.2, 0) is 0 Å². The third-order valence-corrected chi connectivity index (χ3v) is 4.46. The van der Waals surface area contributed by atoms with Gasteiger partial charge in [-0.15, -0.1) is 0 Å². The Labute approximate surface area is 133 Å². The van der Waals surface area contributed by atoms with E-state index in [2.05, 4.69) is 18.7 Å². The maximum Gasteiger partial charge on any atom is 0.119 e. The Morgan fingerprint density at radius 3 is 2.95 bits per heavy atom. The predicted molar refractivity (Wildman–Crippen MR) is 91.9 cm³/mol. The molecule has 2 atom stereocenters. The Morgan fingerprint density at radius 1 is 1.38 bits per heavy atom. The quantitative estimate of drug-likeness (QED) is 0.647. The van der Waals surface area contributed by atoms with Gasteiger partial charge in [-0.1, -0.05) is 31.3 Å². The van der Waals surface area contributed by atoms with Crippen LogP contribution in [0, 0.1) is 5.92 Å². The van der Waals surface area contributed by atoms with Crippen molar-refractivity contribution in [2.75, 3.05) is 19.7 Å². The highest BCUT2D eigenvalue weighted by Gasteiger charge is 2.21. The van der Waals surface area contributed by atoms with E-state index in [0.717, 1.165) is 36.8 Å². The molecule has 21 heavy (non-hydrogen) atoms. The van der Waals surface area contributed by atoms with Crippen LogP contribution in [0.4, 0.5) is 0 Å². The Morgan fingerprint density at radius 2 is 2.19 bits per heavy atom. The highest BCUT2D eigenvalue weighted by molar-refractivity contribution is 7.80. The topological polar surface area (TPSA) is 38.5 Å². The number of benzene rings is 1. The molecular formula is C17H26N2OS. The molecule has 4 heteroatoms. The van der Waals surface area contributed by atoms with E-state index < -0.39 is 0 Å². The zero-order valence-electron chi connectivity index (χ0n) is 13.0. The van der Waals surface area contributed by atoms with Crippen molar-refractivity contribution in [3.05, 3.63) is 29.8 Å². The van der Waals surface area contributed by atoms with Crippen molar-refractivity contribution >= 4 is 17.2 Å². The number of nitrogens with zero attached hydrogens (tertiary/aromatic N) is 1. The highest BCUT2D eigenvalue weighted by Crippen LogP contribution is 2.21. The summed E-state index contributed by atoms with van der Waals surface area (Å²) in [5.74, 6) is 1.67. The van der Waals surface area contributed by atoms with E-state index in [9.17, 15) is 0 Å². The van der Waals surface area contributed by atoms with Gasteiger partial charge in [0.2, 0.25) is 0 Å². The van der Waals surface area contributed by atoms with Crippen molar-refractivity contribution < 1.29 is 4.74 Å². The van der Waals surface area contributed by atoms with Gasteiger partial charge in [0.05, 0.1) is 6.61 Å². The summed E-state index contributed by atoms with van der Waals surface area (Å²) in [5.41, 5.74) is 6.49. The van der Waals surface area contributed by atoms with Crippen molar-refractivity contribution in [2.45, 2.75) is 39.2 Å². The Kier molecular flexibility index (Phi) is 6.00. The van der Waals surface area contributed by atoms with Crippen molar-refractivity contribution in [1.82, 2.24) is 4.90 Å². The number of hydrogen-bond acceptors (Lipinski definition) is 3. The molecule has 2 rings (SSSR count). The van der Waals surface area contributed by atoms with E-state index in [-0.39, 0.29) is 0 Å². The summed E-state index contributed by atoms with van der Waals surface area (Å²) in [6, 6.07) is 8.41. The molecule has 0 aromatic heterocycles. The number of rotatable bonds is 6. The minimum absolute atomic E-state index is 0.413. The Balaban J connectivity index is 1.74. The van der Waals surface area contributed by atoms with Crippen molar-refractivity contribution in [1.29, 1.82) is 0 Å². The molecular weight excluding hydrogens is 280 g/mol. The standard InChI is InChI=1S/C17H26N2OS/c1-13-7-8-14(2)19(12-13)9-4-10-20-16-6-3-5-15(11-16)17(18)21/h3,5-6,11,13-14H,4,7-10,12H2,1-2H3,(H2,18,21).